The molecule has 0 atom stereocenters. The molecule has 1 aromatic carbocycles. The average Bonchev–Trinajstić information content (AvgIpc) is 3.45. The van der Waals surface area contributed by atoms with Crippen molar-refractivity contribution in [3.05, 3.63) is 29.8 Å². The Bertz CT molecular complexity index is 537. The van der Waals surface area contributed by atoms with Gasteiger partial charge in [0.2, 0.25) is 0 Å². The topological polar surface area (TPSA) is 64.8 Å². The molecule has 5 nitrogen and oxygen atoms in total. The van der Waals surface area contributed by atoms with Gasteiger partial charge >= 0.3 is 0 Å². The van der Waals surface area contributed by atoms with Crippen molar-refractivity contribution in [3.8, 4) is 5.75 Å². The minimum atomic E-state index is 0.0711. The number of carbonyl (C=O) groups excluding carboxylic acids is 1. The second-order valence-corrected chi connectivity index (χ2v) is 6.76. The number of ether oxygens (including phenoxy) is 2. The van der Waals surface area contributed by atoms with E-state index in [1.807, 2.05) is 29.2 Å². The normalized spacial score (nSPS) is 18.6. The van der Waals surface area contributed by atoms with Gasteiger partial charge in [-0.3, -0.25) is 4.79 Å². The molecule has 1 saturated carbocycles. The molecule has 1 aliphatic heterocycles. The second kappa shape index (κ2) is 8.49. The van der Waals surface area contributed by atoms with Gasteiger partial charge in [-0.1, -0.05) is 12.1 Å². The summed E-state index contributed by atoms with van der Waals surface area (Å²) in [4.78, 5) is 14.8. The van der Waals surface area contributed by atoms with Crippen LogP contribution in [0.15, 0.2) is 24.3 Å². The minimum Gasteiger partial charge on any atom is -0.492 e. The van der Waals surface area contributed by atoms with Crippen molar-refractivity contribution in [1.29, 1.82) is 0 Å². The van der Waals surface area contributed by atoms with Gasteiger partial charge in [-0.05, 0) is 56.7 Å². The monoisotopic (exact) mass is 332 g/mol. The number of likely N-dealkylation sites (tertiary alicyclic amines) is 1. The fourth-order valence-electron chi connectivity index (χ4n) is 2.99. The Morgan fingerprint density at radius 1 is 1.17 bits per heavy atom. The smallest absolute Gasteiger partial charge is 0.257 e. The zero-order valence-corrected chi connectivity index (χ0v) is 14.3. The molecule has 3 rings (SSSR count). The third-order valence-electron chi connectivity index (χ3n) is 4.72. The molecule has 24 heavy (non-hydrogen) atoms. The first-order valence-electron chi connectivity index (χ1n) is 9.10. The number of nitrogens with two attached hydrogens (primary N) is 1. The zero-order valence-electron chi connectivity index (χ0n) is 14.3. The van der Waals surface area contributed by atoms with E-state index in [0.29, 0.717) is 24.6 Å². The van der Waals surface area contributed by atoms with E-state index in [2.05, 4.69) is 0 Å². The summed E-state index contributed by atoms with van der Waals surface area (Å²) in [6.07, 6.45) is 5.41. The zero-order chi connectivity index (χ0) is 16.8. The summed E-state index contributed by atoms with van der Waals surface area (Å²) in [6, 6.07) is 7.60. The van der Waals surface area contributed by atoms with Gasteiger partial charge in [0.05, 0.1) is 18.3 Å². The summed E-state index contributed by atoms with van der Waals surface area (Å²) in [5.74, 6) is 1.46. The standard InChI is InChI=1S/C19H28N2O3/c20-10-3-13-23-16-8-11-21(12-9-16)19(22)17-4-1-2-5-18(17)24-14-15-6-7-15/h1-2,4-5,15-16H,3,6-14,20H2. The first-order valence-corrected chi connectivity index (χ1v) is 9.10. The number of hydrogen-bond donors (Lipinski definition) is 1. The van der Waals surface area contributed by atoms with Gasteiger partial charge in [0.25, 0.3) is 5.91 Å². The van der Waals surface area contributed by atoms with E-state index in [-0.39, 0.29) is 12.0 Å². The Morgan fingerprint density at radius 2 is 1.92 bits per heavy atom. The Labute approximate surface area is 144 Å². The minimum absolute atomic E-state index is 0.0711. The lowest BCUT2D eigenvalue weighted by Gasteiger charge is -2.32. The van der Waals surface area contributed by atoms with Gasteiger partial charge in [-0.2, -0.15) is 0 Å². The van der Waals surface area contributed by atoms with Crippen LogP contribution in [0.2, 0.25) is 0 Å². The molecule has 1 aromatic rings. The first-order chi connectivity index (χ1) is 11.8. The van der Waals surface area contributed by atoms with E-state index in [1.54, 1.807) is 0 Å². The van der Waals surface area contributed by atoms with E-state index in [9.17, 15) is 4.79 Å². The summed E-state index contributed by atoms with van der Waals surface area (Å²) in [7, 11) is 0. The molecule has 1 aliphatic carbocycles. The van der Waals surface area contributed by atoms with Crippen molar-refractivity contribution < 1.29 is 14.3 Å². The van der Waals surface area contributed by atoms with Crippen molar-refractivity contribution >= 4 is 5.91 Å². The molecule has 132 valence electrons. The van der Waals surface area contributed by atoms with Crippen molar-refractivity contribution in [3.63, 3.8) is 0 Å². The summed E-state index contributed by atoms with van der Waals surface area (Å²) >= 11 is 0. The molecule has 5 heteroatoms. The molecular weight excluding hydrogens is 304 g/mol. The molecule has 0 spiro atoms. The van der Waals surface area contributed by atoms with E-state index < -0.39 is 0 Å². The molecule has 0 radical (unpaired) electrons. The second-order valence-electron chi connectivity index (χ2n) is 6.76. The fraction of sp³-hybridized carbons (Fsp3) is 0.632. The molecule has 2 aliphatic rings. The van der Waals surface area contributed by atoms with E-state index in [1.165, 1.54) is 12.8 Å². The van der Waals surface area contributed by atoms with Gasteiger partial charge in [-0.15, -0.1) is 0 Å². The molecule has 0 unspecified atom stereocenters. The number of nitrogens with zero attached hydrogens (tertiary/aromatic N) is 1. The molecule has 1 amide bonds. The summed E-state index contributed by atoms with van der Waals surface area (Å²) in [5, 5.41) is 0. The molecule has 2 N–H and O–H groups in total. The third kappa shape index (κ3) is 4.71. The van der Waals surface area contributed by atoms with E-state index >= 15 is 0 Å². The van der Waals surface area contributed by atoms with Crippen molar-refractivity contribution in [2.45, 2.75) is 38.2 Å². The average molecular weight is 332 g/mol. The predicted molar refractivity (Wildman–Crippen MR) is 93.2 cm³/mol. The van der Waals surface area contributed by atoms with Crippen LogP contribution in [0.4, 0.5) is 0 Å². The van der Waals surface area contributed by atoms with Crippen LogP contribution in [0.1, 0.15) is 42.5 Å². The Morgan fingerprint density at radius 3 is 2.62 bits per heavy atom. The first kappa shape index (κ1) is 17.2. The summed E-state index contributed by atoms with van der Waals surface area (Å²) in [5.41, 5.74) is 6.17. The summed E-state index contributed by atoms with van der Waals surface area (Å²) in [6.45, 7) is 3.58. The largest absolute Gasteiger partial charge is 0.492 e. The number of carbonyl (C=O) groups is 1. The van der Waals surface area contributed by atoms with Crippen LogP contribution >= 0.6 is 0 Å². The Kier molecular flexibility index (Phi) is 6.10. The van der Waals surface area contributed by atoms with Crippen LogP contribution in [-0.4, -0.2) is 49.8 Å². The Balaban J connectivity index is 1.53. The lowest BCUT2D eigenvalue weighted by Crippen LogP contribution is -2.41. The number of amides is 1. The molecule has 0 bridgehead atoms. The maximum absolute atomic E-state index is 12.8. The molecule has 2 fully saturated rings. The number of benzene rings is 1. The van der Waals surface area contributed by atoms with Gasteiger partial charge in [0.1, 0.15) is 5.75 Å². The van der Waals surface area contributed by atoms with Crippen molar-refractivity contribution in [2.24, 2.45) is 11.7 Å². The quantitative estimate of drug-likeness (QED) is 0.743. The molecule has 0 aromatic heterocycles. The van der Waals surface area contributed by atoms with Gasteiger partial charge in [0, 0.05) is 19.7 Å². The highest BCUT2D eigenvalue weighted by atomic mass is 16.5. The van der Waals surface area contributed by atoms with Crippen molar-refractivity contribution in [1.82, 2.24) is 4.90 Å². The van der Waals surface area contributed by atoms with Crippen LogP contribution < -0.4 is 10.5 Å². The van der Waals surface area contributed by atoms with Crippen LogP contribution in [-0.2, 0) is 4.74 Å². The maximum atomic E-state index is 12.8. The Hall–Kier alpha value is -1.59. The fourth-order valence-corrected chi connectivity index (χ4v) is 2.99. The molecular formula is C19H28N2O3. The highest BCUT2D eigenvalue weighted by Gasteiger charge is 2.27. The lowest BCUT2D eigenvalue weighted by molar-refractivity contribution is 0.00836. The highest BCUT2D eigenvalue weighted by molar-refractivity contribution is 5.97. The van der Waals surface area contributed by atoms with Gasteiger partial charge < -0.3 is 20.1 Å². The number of para-hydroxylation sites is 1. The third-order valence-corrected chi connectivity index (χ3v) is 4.72. The van der Waals surface area contributed by atoms with Crippen LogP contribution in [0.5, 0.6) is 5.75 Å². The summed E-state index contributed by atoms with van der Waals surface area (Å²) < 4.78 is 11.7. The van der Waals surface area contributed by atoms with Crippen molar-refractivity contribution in [2.75, 3.05) is 32.8 Å². The maximum Gasteiger partial charge on any atom is 0.257 e. The predicted octanol–water partition coefficient (Wildman–Crippen LogP) is 2.45. The number of piperidine rings is 1. The highest BCUT2D eigenvalue weighted by Crippen LogP contribution is 2.30. The number of rotatable bonds is 8. The SMILES string of the molecule is NCCCOC1CCN(C(=O)c2ccccc2OCC2CC2)CC1. The van der Waals surface area contributed by atoms with E-state index in [0.717, 1.165) is 44.7 Å². The molecule has 1 heterocycles. The number of hydrogen-bond acceptors (Lipinski definition) is 4. The lowest BCUT2D eigenvalue weighted by atomic mass is 10.1. The van der Waals surface area contributed by atoms with Gasteiger partial charge in [0.15, 0.2) is 0 Å². The van der Waals surface area contributed by atoms with Crippen LogP contribution in [0.3, 0.4) is 0 Å². The van der Waals surface area contributed by atoms with E-state index in [4.69, 9.17) is 15.2 Å². The molecule has 1 saturated heterocycles. The van der Waals surface area contributed by atoms with Crippen LogP contribution in [0, 0.1) is 5.92 Å². The van der Waals surface area contributed by atoms with Gasteiger partial charge in [-0.25, -0.2) is 0 Å². The van der Waals surface area contributed by atoms with Crippen LogP contribution in [0.25, 0.3) is 0 Å².